The normalized spacial score (nSPS) is 12.9. The number of ether oxygens (including phenoxy) is 2. The number of halogens is 1. The van der Waals surface area contributed by atoms with Gasteiger partial charge in [-0.05, 0) is 36.1 Å². The first-order chi connectivity index (χ1) is 12.3. The zero-order chi connectivity index (χ0) is 17.3. The lowest BCUT2D eigenvalue weighted by molar-refractivity contribution is 0.171. The van der Waals surface area contributed by atoms with Crippen LogP contribution >= 0.6 is 24.0 Å². The lowest BCUT2D eigenvalue weighted by Gasteiger charge is -2.19. The van der Waals surface area contributed by atoms with E-state index in [4.69, 9.17) is 9.47 Å². The van der Waals surface area contributed by atoms with Crippen molar-refractivity contribution in [2.75, 3.05) is 33.4 Å². The standard InChI is InChI=1S/C20H25N3O2.HI/c1-21-20(22-11-9-16-5-3-2-4-6-16)23-12-10-17-7-8-18-19(15-17)25-14-13-24-18;/h2-8,15H,9-14H2,1H3,(H2,21,22,23);1H. The Hall–Kier alpha value is -1.96. The molecule has 5 nitrogen and oxygen atoms in total. The van der Waals surface area contributed by atoms with Crippen molar-refractivity contribution in [1.82, 2.24) is 10.6 Å². The van der Waals surface area contributed by atoms with Gasteiger partial charge in [0.15, 0.2) is 17.5 Å². The maximum atomic E-state index is 5.63. The minimum absolute atomic E-state index is 0. The largest absolute Gasteiger partial charge is 0.486 e. The predicted octanol–water partition coefficient (Wildman–Crippen LogP) is 3.03. The third kappa shape index (κ3) is 6.09. The molecule has 3 rings (SSSR count). The van der Waals surface area contributed by atoms with Crippen molar-refractivity contribution in [3.05, 3.63) is 59.7 Å². The van der Waals surface area contributed by atoms with Gasteiger partial charge in [-0.15, -0.1) is 24.0 Å². The van der Waals surface area contributed by atoms with Crippen LogP contribution in [-0.4, -0.2) is 39.3 Å². The fourth-order valence-corrected chi connectivity index (χ4v) is 2.76. The van der Waals surface area contributed by atoms with E-state index in [0.717, 1.165) is 43.4 Å². The Morgan fingerprint density at radius 1 is 0.885 bits per heavy atom. The summed E-state index contributed by atoms with van der Waals surface area (Å²) < 4.78 is 11.2. The third-order valence-corrected chi connectivity index (χ3v) is 4.09. The molecule has 0 amide bonds. The average molecular weight is 467 g/mol. The summed E-state index contributed by atoms with van der Waals surface area (Å²) in [5.41, 5.74) is 2.54. The van der Waals surface area contributed by atoms with Gasteiger partial charge in [-0.2, -0.15) is 0 Å². The topological polar surface area (TPSA) is 54.9 Å². The van der Waals surface area contributed by atoms with Crippen LogP contribution in [0.4, 0.5) is 0 Å². The molecule has 0 aromatic heterocycles. The molecule has 1 aliphatic rings. The second-order valence-corrected chi connectivity index (χ2v) is 5.89. The molecule has 0 spiro atoms. The van der Waals surface area contributed by atoms with Crippen LogP contribution in [0.1, 0.15) is 11.1 Å². The number of aliphatic imine (C=N–C) groups is 1. The summed E-state index contributed by atoms with van der Waals surface area (Å²) in [6, 6.07) is 16.6. The monoisotopic (exact) mass is 467 g/mol. The summed E-state index contributed by atoms with van der Waals surface area (Å²) in [4.78, 5) is 4.27. The van der Waals surface area contributed by atoms with Crippen molar-refractivity contribution in [1.29, 1.82) is 0 Å². The predicted molar refractivity (Wildman–Crippen MR) is 116 cm³/mol. The molecule has 6 heteroatoms. The van der Waals surface area contributed by atoms with E-state index in [1.165, 1.54) is 11.1 Å². The molecule has 2 aromatic rings. The van der Waals surface area contributed by atoms with E-state index in [9.17, 15) is 0 Å². The molecule has 1 aliphatic heterocycles. The Balaban J connectivity index is 0.00000243. The Kier molecular flexibility index (Phi) is 8.53. The molecule has 0 saturated heterocycles. The highest BCUT2D eigenvalue weighted by Crippen LogP contribution is 2.30. The van der Waals surface area contributed by atoms with Gasteiger partial charge < -0.3 is 20.1 Å². The molecule has 26 heavy (non-hydrogen) atoms. The number of benzene rings is 2. The van der Waals surface area contributed by atoms with E-state index in [0.29, 0.717) is 13.2 Å². The minimum Gasteiger partial charge on any atom is -0.486 e. The van der Waals surface area contributed by atoms with E-state index in [1.807, 2.05) is 12.1 Å². The summed E-state index contributed by atoms with van der Waals surface area (Å²) in [6.45, 7) is 2.91. The molecule has 0 aliphatic carbocycles. The zero-order valence-electron chi connectivity index (χ0n) is 15.0. The van der Waals surface area contributed by atoms with Gasteiger partial charge >= 0.3 is 0 Å². The van der Waals surface area contributed by atoms with Crippen molar-refractivity contribution in [2.45, 2.75) is 12.8 Å². The zero-order valence-corrected chi connectivity index (χ0v) is 17.4. The maximum absolute atomic E-state index is 5.63. The van der Waals surface area contributed by atoms with Gasteiger partial charge in [0.25, 0.3) is 0 Å². The number of guanidine groups is 1. The molecule has 0 unspecified atom stereocenters. The van der Waals surface area contributed by atoms with Crippen LogP contribution in [0.3, 0.4) is 0 Å². The molecule has 2 aromatic carbocycles. The first-order valence-electron chi connectivity index (χ1n) is 8.72. The molecule has 140 valence electrons. The highest BCUT2D eigenvalue weighted by Gasteiger charge is 2.11. The molecule has 0 radical (unpaired) electrons. The van der Waals surface area contributed by atoms with Crippen LogP contribution in [0.25, 0.3) is 0 Å². The fraction of sp³-hybridized carbons (Fsp3) is 0.350. The van der Waals surface area contributed by atoms with Gasteiger partial charge in [-0.1, -0.05) is 36.4 Å². The van der Waals surface area contributed by atoms with Crippen LogP contribution in [0.2, 0.25) is 0 Å². The summed E-state index contributed by atoms with van der Waals surface area (Å²) in [7, 11) is 1.79. The number of hydrogen-bond donors (Lipinski definition) is 2. The highest BCUT2D eigenvalue weighted by atomic mass is 127. The van der Waals surface area contributed by atoms with E-state index in [2.05, 4.69) is 52.0 Å². The molecule has 1 heterocycles. The molecule has 2 N–H and O–H groups in total. The fourth-order valence-electron chi connectivity index (χ4n) is 2.76. The Morgan fingerprint density at radius 2 is 1.54 bits per heavy atom. The lowest BCUT2D eigenvalue weighted by atomic mass is 10.1. The number of hydrogen-bond acceptors (Lipinski definition) is 3. The van der Waals surface area contributed by atoms with Gasteiger partial charge in [0.05, 0.1) is 0 Å². The second kappa shape index (κ2) is 10.9. The van der Waals surface area contributed by atoms with Crippen LogP contribution < -0.4 is 20.1 Å². The molecular formula is C20H26IN3O2. The SMILES string of the molecule is CN=C(NCCc1ccccc1)NCCc1ccc2c(c1)OCCO2.I. The molecule has 0 saturated carbocycles. The van der Waals surface area contributed by atoms with Gasteiger partial charge in [-0.25, -0.2) is 0 Å². The Bertz CT molecular complexity index is 707. The van der Waals surface area contributed by atoms with Crippen LogP contribution in [-0.2, 0) is 12.8 Å². The van der Waals surface area contributed by atoms with E-state index in [-0.39, 0.29) is 24.0 Å². The smallest absolute Gasteiger partial charge is 0.190 e. The van der Waals surface area contributed by atoms with E-state index >= 15 is 0 Å². The van der Waals surface area contributed by atoms with Crippen LogP contribution in [0, 0.1) is 0 Å². The highest BCUT2D eigenvalue weighted by molar-refractivity contribution is 14.0. The van der Waals surface area contributed by atoms with Crippen molar-refractivity contribution in [3.8, 4) is 11.5 Å². The average Bonchev–Trinajstić information content (AvgIpc) is 2.67. The maximum Gasteiger partial charge on any atom is 0.190 e. The second-order valence-electron chi connectivity index (χ2n) is 5.89. The van der Waals surface area contributed by atoms with Crippen molar-refractivity contribution in [3.63, 3.8) is 0 Å². The molecule has 0 fully saturated rings. The number of rotatable bonds is 6. The van der Waals surface area contributed by atoms with Crippen LogP contribution in [0.15, 0.2) is 53.5 Å². The van der Waals surface area contributed by atoms with Gasteiger partial charge in [0.1, 0.15) is 13.2 Å². The summed E-state index contributed by atoms with van der Waals surface area (Å²) in [6.07, 6.45) is 1.87. The summed E-state index contributed by atoms with van der Waals surface area (Å²) >= 11 is 0. The van der Waals surface area contributed by atoms with Crippen LogP contribution in [0.5, 0.6) is 11.5 Å². The molecule has 0 atom stereocenters. The van der Waals surface area contributed by atoms with E-state index < -0.39 is 0 Å². The first kappa shape index (κ1) is 20.4. The first-order valence-corrected chi connectivity index (χ1v) is 8.72. The Morgan fingerprint density at radius 3 is 2.23 bits per heavy atom. The number of fused-ring (bicyclic) bond motifs is 1. The van der Waals surface area contributed by atoms with Crippen molar-refractivity contribution >= 4 is 29.9 Å². The number of nitrogens with zero attached hydrogens (tertiary/aromatic N) is 1. The van der Waals surface area contributed by atoms with Gasteiger partial charge in [0, 0.05) is 20.1 Å². The summed E-state index contributed by atoms with van der Waals surface area (Å²) in [5.74, 6) is 2.50. The Labute approximate surface area is 172 Å². The van der Waals surface area contributed by atoms with Gasteiger partial charge in [-0.3, -0.25) is 4.99 Å². The molecule has 0 bridgehead atoms. The molecular weight excluding hydrogens is 441 g/mol. The van der Waals surface area contributed by atoms with Crippen molar-refractivity contribution < 1.29 is 9.47 Å². The lowest BCUT2D eigenvalue weighted by Crippen LogP contribution is -2.39. The third-order valence-electron chi connectivity index (χ3n) is 4.09. The summed E-state index contributed by atoms with van der Waals surface area (Å²) in [5, 5.41) is 6.70. The quantitative estimate of drug-likeness (QED) is 0.390. The number of nitrogens with one attached hydrogen (secondary N) is 2. The van der Waals surface area contributed by atoms with E-state index in [1.54, 1.807) is 7.05 Å². The van der Waals surface area contributed by atoms with Crippen molar-refractivity contribution in [2.24, 2.45) is 4.99 Å². The minimum atomic E-state index is 0. The van der Waals surface area contributed by atoms with Gasteiger partial charge in [0.2, 0.25) is 0 Å².